The van der Waals surface area contributed by atoms with Crippen molar-refractivity contribution in [3.05, 3.63) is 59.7 Å². The van der Waals surface area contributed by atoms with Gasteiger partial charge < -0.3 is 20.5 Å². The molecule has 0 heterocycles. The van der Waals surface area contributed by atoms with Gasteiger partial charge in [-0.3, -0.25) is 9.59 Å². The number of rotatable bonds is 8. The number of carbonyl (C=O) groups excluding carboxylic acids is 2. The number of aliphatic carboxylic acids is 1. The quantitative estimate of drug-likeness (QED) is 0.471. The van der Waals surface area contributed by atoms with Crippen LogP contribution in [0.3, 0.4) is 0 Å². The molecule has 0 radical (unpaired) electrons. The highest BCUT2D eigenvalue weighted by Gasteiger charge is 2.33. The van der Waals surface area contributed by atoms with E-state index in [-0.39, 0.29) is 30.9 Å². The zero-order valence-corrected chi connectivity index (χ0v) is 20.2. The van der Waals surface area contributed by atoms with Crippen LogP contribution in [-0.4, -0.2) is 41.8 Å². The third kappa shape index (κ3) is 5.84. The molecule has 186 valence electrons. The summed E-state index contributed by atoms with van der Waals surface area (Å²) in [5.74, 6) is -1.56. The Morgan fingerprint density at radius 2 is 1.60 bits per heavy atom. The van der Waals surface area contributed by atoms with Gasteiger partial charge in [0.05, 0.1) is 12.3 Å². The highest BCUT2D eigenvalue weighted by Crippen LogP contribution is 2.44. The molecule has 0 aliphatic heterocycles. The molecule has 2 aliphatic rings. The first-order valence-corrected chi connectivity index (χ1v) is 12.6. The minimum absolute atomic E-state index is 0.0253. The highest BCUT2D eigenvalue weighted by atomic mass is 16.5. The van der Waals surface area contributed by atoms with Gasteiger partial charge >= 0.3 is 12.1 Å². The Morgan fingerprint density at radius 1 is 0.971 bits per heavy atom. The molecule has 2 aromatic carbocycles. The Morgan fingerprint density at radius 3 is 2.23 bits per heavy atom. The summed E-state index contributed by atoms with van der Waals surface area (Å²) in [4.78, 5) is 37.0. The molecule has 3 atom stereocenters. The summed E-state index contributed by atoms with van der Waals surface area (Å²) in [6.45, 7) is 2.08. The fraction of sp³-hybridized carbons (Fsp3) is 0.464. The van der Waals surface area contributed by atoms with E-state index in [9.17, 15) is 14.4 Å². The van der Waals surface area contributed by atoms with Crippen LogP contribution < -0.4 is 10.6 Å². The lowest BCUT2D eigenvalue weighted by molar-refractivity contribution is -0.137. The highest BCUT2D eigenvalue weighted by molar-refractivity contribution is 5.82. The van der Waals surface area contributed by atoms with E-state index >= 15 is 0 Å². The smallest absolute Gasteiger partial charge is 0.407 e. The molecule has 2 aliphatic carbocycles. The van der Waals surface area contributed by atoms with Gasteiger partial charge in [-0.15, -0.1) is 0 Å². The Kier molecular flexibility index (Phi) is 8.06. The number of hydrogen-bond donors (Lipinski definition) is 3. The van der Waals surface area contributed by atoms with Crippen molar-refractivity contribution in [3.63, 3.8) is 0 Å². The van der Waals surface area contributed by atoms with Crippen molar-refractivity contribution in [3.8, 4) is 11.1 Å². The van der Waals surface area contributed by atoms with Crippen molar-refractivity contribution in [1.82, 2.24) is 10.6 Å². The molecule has 2 amide bonds. The first-order chi connectivity index (χ1) is 17.0. The van der Waals surface area contributed by atoms with E-state index in [4.69, 9.17) is 9.84 Å². The Labute approximate surface area is 206 Å². The summed E-state index contributed by atoms with van der Waals surface area (Å²) in [5, 5.41) is 14.9. The van der Waals surface area contributed by atoms with Crippen molar-refractivity contribution in [1.29, 1.82) is 0 Å². The lowest BCUT2D eigenvalue weighted by atomic mass is 9.93. The van der Waals surface area contributed by atoms with Gasteiger partial charge in [-0.1, -0.05) is 74.7 Å². The predicted octanol–water partition coefficient (Wildman–Crippen LogP) is 4.84. The van der Waals surface area contributed by atoms with Crippen molar-refractivity contribution >= 4 is 18.0 Å². The summed E-state index contributed by atoms with van der Waals surface area (Å²) >= 11 is 0. The standard InChI is InChI=1S/C28H34N2O5/c1-2-18(16-26(31)32)29-27(33)23-14-4-3-5-15-25(23)30-28(34)35-17-24-21-12-8-6-10-19(21)20-11-7-9-13-22(20)24/h6-13,18,23-25H,2-5,14-17H2,1H3,(H,29,33)(H,30,34)(H,31,32)/t18?,23-,25+/m0/s1. The molecule has 0 saturated heterocycles. The number of carboxylic acid groups (broad SMARTS) is 1. The summed E-state index contributed by atoms with van der Waals surface area (Å²) in [7, 11) is 0. The fourth-order valence-corrected chi connectivity index (χ4v) is 5.40. The molecule has 35 heavy (non-hydrogen) atoms. The molecule has 0 aromatic heterocycles. The van der Waals surface area contributed by atoms with Crippen LogP contribution in [0.5, 0.6) is 0 Å². The Bertz CT molecular complexity index is 1020. The predicted molar refractivity (Wildman–Crippen MR) is 133 cm³/mol. The van der Waals surface area contributed by atoms with Crippen LogP contribution in [0.15, 0.2) is 48.5 Å². The number of ether oxygens (including phenoxy) is 1. The summed E-state index contributed by atoms with van der Waals surface area (Å²) in [6, 6.07) is 15.6. The molecule has 7 heteroatoms. The van der Waals surface area contributed by atoms with E-state index < -0.39 is 24.0 Å². The van der Waals surface area contributed by atoms with E-state index in [1.165, 1.54) is 11.1 Å². The number of nitrogens with one attached hydrogen (secondary N) is 2. The molecule has 0 spiro atoms. The van der Waals surface area contributed by atoms with E-state index in [2.05, 4.69) is 34.9 Å². The van der Waals surface area contributed by atoms with Crippen LogP contribution in [0.1, 0.15) is 68.9 Å². The number of carboxylic acids is 1. The van der Waals surface area contributed by atoms with Crippen molar-refractivity contribution in [2.75, 3.05) is 6.61 Å². The second kappa shape index (κ2) is 11.4. The van der Waals surface area contributed by atoms with Gasteiger partial charge in [-0.05, 0) is 41.5 Å². The van der Waals surface area contributed by atoms with Crippen molar-refractivity contribution in [2.45, 2.75) is 69.9 Å². The second-order valence-corrected chi connectivity index (χ2v) is 9.53. The van der Waals surface area contributed by atoms with Crippen LogP contribution in [0.4, 0.5) is 4.79 Å². The van der Waals surface area contributed by atoms with Gasteiger partial charge in [0, 0.05) is 18.0 Å². The monoisotopic (exact) mass is 478 g/mol. The summed E-state index contributed by atoms with van der Waals surface area (Å²) in [6.07, 6.45) is 4.07. The minimum Gasteiger partial charge on any atom is -0.481 e. The van der Waals surface area contributed by atoms with Crippen LogP contribution >= 0.6 is 0 Å². The molecular formula is C28H34N2O5. The van der Waals surface area contributed by atoms with Gasteiger partial charge in [0.25, 0.3) is 0 Å². The molecule has 0 bridgehead atoms. The van der Waals surface area contributed by atoms with Crippen LogP contribution in [0, 0.1) is 5.92 Å². The zero-order valence-electron chi connectivity index (χ0n) is 20.2. The molecule has 1 unspecified atom stereocenters. The fourth-order valence-electron chi connectivity index (χ4n) is 5.40. The van der Waals surface area contributed by atoms with Gasteiger partial charge in [0.2, 0.25) is 5.91 Å². The van der Waals surface area contributed by atoms with Crippen LogP contribution in [0.25, 0.3) is 11.1 Å². The number of hydrogen-bond acceptors (Lipinski definition) is 4. The lowest BCUT2D eigenvalue weighted by Gasteiger charge is -2.27. The number of fused-ring (bicyclic) bond motifs is 3. The maximum atomic E-state index is 13.0. The molecule has 7 nitrogen and oxygen atoms in total. The van der Waals surface area contributed by atoms with Gasteiger partial charge in [0.15, 0.2) is 0 Å². The topological polar surface area (TPSA) is 105 Å². The third-order valence-electron chi connectivity index (χ3n) is 7.26. The van der Waals surface area contributed by atoms with Gasteiger partial charge in [-0.2, -0.15) is 0 Å². The Balaban J connectivity index is 1.40. The van der Waals surface area contributed by atoms with E-state index in [1.54, 1.807) is 0 Å². The summed E-state index contributed by atoms with van der Waals surface area (Å²) in [5.41, 5.74) is 4.64. The average molecular weight is 479 g/mol. The Hall–Kier alpha value is -3.35. The van der Waals surface area contributed by atoms with Crippen LogP contribution in [0.2, 0.25) is 0 Å². The van der Waals surface area contributed by atoms with Gasteiger partial charge in [0.1, 0.15) is 6.61 Å². The number of amides is 2. The van der Waals surface area contributed by atoms with E-state index in [0.717, 1.165) is 30.4 Å². The summed E-state index contributed by atoms with van der Waals surface area (Å²) < 4.78 is 5.71. The maximum absolute atomic E-state index is 13.0. The maximum Gasteiger partial charge on any atom is 0.407 e. The second-order valence-electron chi connectivity index (χ2n) is 9.53. The van der Waals surface area contributed by atoms with Gasteiger partial charge in [-0.25, -0.2) is 4.79 Å². The molecule has 4 rings (SSSR count). The van der Waals surface area contributed by atoms with Crippen LogP contribution in [-0.2, 0) is 14.3 Å². The lowest BCUT2D eigenvalue weighted by Crippen LogP contribution is -2.49. The third-order valence-corrected chi connectivity index (χ3v) is 7.26. The number of alkyl carbamates (subject to hydrolysis) is 1. The number of benzene rings is 2. The molecule has 3 N–H and O–H groups in total. The van der Waals surface area contributed by atoms with Crippen molar-refractivity contribution < 1.29 is 24.2 Å². The zero-order chi connectivity index (χ0) is 24.8. The largest absolute Gasteiger partial charge is 0.481 e. The number of carbonyl (C=O) groups is 3. The molecular weight excluding hydrogens is 444 g/mol. The first-order valence-electron chi connectivity index (χ1n) is 12.6. The average Bonchev–Trinajstić information content (AvgIpc) is 2.98. The molecule has 1 fully saturated rings. The van der Waals surface area contributed by atoms with Crippen molar-refractivity contribution in [2.24, 2.45) is 5.92 Å². The minimum atomic E-state index is -0.939. The van der Waals surface area contributed by atoms with E-state index in [1.807, 2.05) is 31.2 Å². The first kappa shape index (κ1) is 24.8. The van der Waals surface area contributed by atoms with E-state index in [0.29, 0.717) is 19.3 Å². The normalized spacial score (nSPS) is 20.1. The SMILES string of the molecule is CCC(CC(=O)O)NC(=O)[C@H]1CCCCC[C@H]1NC(=O)OCC1c2ccccc2-c2ccccc21. The molecule has 2 aromatic rings. The molecule has 1 saturated carbocycles.